The third kappa shape index (κ3) is 7.20. The van der Waals surface area contributed by atoms with Crippen molar-refractivity contribution in [1.82, 2.24) is 5.32 Å². The molecule has 0 heterocycles. The van der Waals surface area contributed by atoms with Crippen molar-refractivity contribution in [2.24, 2.45) is 0 Å². The Kier molecular flexibility index (Phi) is 8.11. The Balaban J connectivity index is 1.46. The van der Waals surface area contributed by atoms with Gasteiger partial charge in [0.25, 0.3) is 0 Å². The minimum absolute atomic E-state index is 0.000479. The van der Waals surface area contributed by atoms with Gasteiger partial charge < -0.3 is 25.4 Å². The smallest absolute Gasteiger partial charge is 0.335 e. The Morgan fingerprint density at radius 2 is 1.76 bits per heavy atom. The van der Waals surface area contributed by atoms with Gasteiger partial charge in [-0.3, -0.25) is 4.72 Å². The molecule has 0 saturated carbocycles. The highest BCUT2D eigenvalue weighted by Crippen LogP contribution is 2.28. The summed E-state index contributed by atoms with van der Waals surface area (Å²) >= 11 is 0. The van der Waals surface area contributed by atoms with Gasteiger partial charge in [-0.25, -0.2) is 13.2 Å². The molecule has 3 aromatic carbocycles. The van der Waals surface area contributed by atoms with Crippen LogP contribution in [-0.2, 0) is 10.0 Å². The van der Waals surface area contributed by atoms with Crippen molar-refractivity contribution in [3.63, 3.8) is 0 Å². The first-order chi connectivity index (χ1) is 16.1. The molecule has 0 spiro atoms. The predicted octanol–water partition coefficient (Wildman–Crippen LogP) is 2.83. The van der Waals surface area contributed by atoms with Crippen LogP contribution in [0.4, 0.5) is 5.69 Å². The predicted molar refractivity (Wildman–Crippen MR) is 129 cm³/mol. The summed E-state index contributed by atoms with van der Waals surface area (Å²) < 4.78 is 30.7. The molecule has 0 amide bonds. The Labute approximate surface area is 197 Å². The Hall–Kier alpha value is -3.60. The first kappa shape index (κ1) is 25.0. The maximum atomic E-state index is 11.4. The molecule has 0 unspecified atom stereocenters. The number of carboxylic acids is 1. The van der Waals surface area contributed by atoms with Crippen LogP contribution in [-0.4, -0.2) is 55.7 Å². The molecule has 0 aromatic heterocycles. The third-order valence-corrected chi connectivity index (χ3v) is 5.47. The molecule has 0 radical (unpaired) electrons. The second-order valence-electron chi connectivity index (χ2n) is 7.63. The van der Waals surface area contributed by atoms with E-state index in [1.54, 1.807) is 30.3 Å². The number of ether oxygens (including phenoxy) is 1. The Bertz CT molecular complexity index is 1240. The summed E-state index contributed by atoms with van der Waals surface area (Å²) in [4.78, 5) is 11.1. The van der Waals surface area contributed by atoms with E-state index in [1.165, 1.54) is 18.2 Å². The van der Waals surface area contributed by atoms with Crippen LogP contribution in [0, 0.1) is 0 Å². The van der Waals surface area contributed by atoms with Gasteiger partial charge in [0, 0.05) is 13.1 Å². The number of phenols is 1. The molecule has 0 saturated heterocycles. The number of aliphatic hydroxyl groups excluding tert-OH is 1. The summed E-state index contributed by atoms with van der Waals surface area (Å²) in [6.45, 7) is 0.994. The van der Waals surface area contributed by atoms with Crippen LogP contribution < -0.4 is 14.8 Å². The highest BCUT2D eigenvalue weighted by Gasteiger charge is 2.13. The van der Waals surface area contributed by atoms with Crippen molar-refractivity contribution >= 4 is 21.7 Å². The fourth-order valence-electron chi connectivity index (χ4n) is 3.22. The maximum Gasteiger partial charge on any atom is 0.335 e. The normalized spacial score (nSPS) is 12.2. The SMILES string of the molecule is CS(=O)(=O)Nc1cc([C@@H](O)CNCCOc2ccc(-c3cccc(C(=O)O)c3)cc2)ccc1O. The van der Waals surface area contributed by atoms with E-state index in [0.717, 1.165) is 17.4 Å². The first-order valence-electron chi connectivity index (χ1n) is 10.4. The lowest BCUT2D eigenvalue weighted by molar-refractivity contribution is 0.0697. The molecule has 0 aliphatic carbocycles. The van der Waals surface area contributed by atoms with Gasteiger partial charge in [0.05, 0.1) is 23.6 Å². The van der Waals surface area contributed by atoms with Crippen LogP contribution in [0.25, 0.3) is 11.1 Å². The van der Waals surface area contributed by atoms with Gasteiger partial charge in [-0.2, -0.15) is 0 Å². The number of benzene rings is 3. The quantitative estimate of drug-likeness (QED) is 0.205. The zero-order chi connectivity index (χ0) is 24.7. The lowest BCUT2D eigenvalue weighted by atomic mass is 10.0. The summed E-state index contributed by atoms with van der Waals surface area (Å²) in [5, 5.41) is 32.3. The Morgan fingerprint density at radius 1 is 1.03 bits per heavy atom. The first-order valence-corrected chi connectivity index (χ1v) is 12.3. The van der Waals surface area contributed by atoms with Crippen LogP contribution in [0.3, 0.4) is 0 Å². The molecule has 3 rings (SSSR count). The lowest BCUT2D eigenvalue weighted by Crippen LogP contribution is -2.26. The highest BCUT2D eigenvalue weighted by atomic mass is 32.2. The zero-order valence-corrected chi connectivity index (χ0v) is 19.2. The number of nitrogens with one attached hydrogen (secondary N) is 2. The van der Waals surface area contributed by atoms with Gasteiger partial charge >= 0.3 is 5.97 Å². The summed E-state index contributed by atoms with van der Waals surface area (Å²) in [5.74, 6) is -0.560. The average molecular weight is 487 g/mol. The molecule has 180 valence electrons. The molecule has 0 fully saturated rings. The molecule has 1 atom stereocenters. The van der Waals surface area contributed by atoms with Crippen LogP contribution in [0.5, 0.6) is 11.5 Å². The van der Waals surface area contributed by atoms with E-state index in [1.807, 2.05) is 18.2 Å². The summed E-state index contributed by atoms with van der Waals surface area (Å²) in [5.41, 5.74) is 2.34. The van der Waals surface area contributed by atoms with Crippen molar-refractivity contribution < 1.29 is 33.3 Å². The molecule has 3 aromatic rings. The number of aromatic hydroxyl groups is 1. The molecule has 0 aliphatic rings. The summed E-state index contributed by atoms with van der Waals surface area (Å²) in [6, 6.07) is 18.2. The molecule has 9 nitrogen and oxygen atoms in total. The largest absolute Gasteiger partial charge is 0.506 e. The van der Waals surface area contributed by atoms with E-state index in [2.05, 4.69) is 10.0 Å². The number of aliphatic hydroxyl groups is 1. The van der Waals surface area contributed by atoms with Crippen molar-refractivity contribution in [3.05, 3.63) is 77.9 Å². The molecular weight excluding hydrogens is 460 g/mol. The number of aromatic carboxylic acids is 1. The van der Waals surface area contributed by atoms with Crippen LogP contribution in [0.2, 0.25) is 0 Å². The fraction of sp³-hybridized carbons (Fsp3) is 0.208. The van der Waals surface area contributed by atoms with Gasteiger partial charge in [0.1, 0.15) is 18.1 Å². The number of carbonyl (C=O) groups is 1. The van der Waals surface area contributed by atoms with E-state index in [-0.39, 0.29) is 23.5 Å². The van der Waals surface area contributed by atoms with Gasteiger partial charge in [-0.1, -0.05) is 30.3 Å². The van der Waals surface area contributed by atoms with Crippen LogP contribution >= 0.6 is 0 Å². The number of carboxylic acid groups (broad SMARTS) is 1. The number of sulfonamides is 1. The third-order valence-electron chi connectivity index (χ3n) is 4.88. The minimum atomic E-state index is -3.56. The van der Waals surface area contributed by atoms with Crippen LogP contribution in [0.15, 0.2) is 66.7 Å². The van der Waals surface area contributed by atoms with Crippen molar-refractivity contribution in [2.75, 3.05) is 30.7 Å². The topological polar surface area (TPSA) is 145 Å². The van der Waals surface area contributed by atoms with Crippen molar-refractivity contribution in [2.45, 2.75) is 6.10 Å². The summed E-state index contributed by atoms with van der Waals surface area (Å²) in [6.07, 6.45) is 0.0585. The van der Waals surface area contributed by atoms with Crippen molar-refractivity contribution in [1.29, 1.82) is 0 Å². The highest BCUT2D eigenvalue weighted by molar-refractivity contribution is 7.92. The number of phenolic OH excluding ortho intramolecular Hbond substituents is 1. The minimum Gasteiger partial charge on any atom is -0.506 e. The second-order valence-corrected chi connectivity index (χ2v) is 9.38. The second kappa shape index (κ2) is 11.0. The van der Waals surface area contributed by atoms with E-state index < -0.39 is 22.1 Å². The van der Waals surface area contributed by atoms with Crippen LogP contribution in [0.1, 0.15) is 22.0 Å². The van der Waals surface area contributed by atoms with Gasteiger partial charge in [0.15, 0.2) is 0 Å². The molecular formula is C24H26N2O7S. The number of hydrogen-bond donors (Lipinski definition) is 5. The molecule has 10 heteroatoms. The number of rotatable bonds is 11. The van der Waals surface area contributed by atoms with Gasteiger partial charge in [0.2, 0.25) is 10.0 Å². The van der Waals surface area contributed by atoms with Crippen molar-refractivity contribution in [3.8, 4) is 22.6 Å². The van der Waals surface area contributed by atoms with Gasteiger partial charge in [-0.15, -0.1) is 0 Å². The maximum absolute atomic E-state index is 11.4. The molecule has 0 aliphatic heterocycles. The van der Waals surface area contributed by atoms with E-state index in [4.69, 9.17) is 9.84 Å². The molecule has 34 heavy (non-hydrogen) atoms. The molecule has 0 bridgehead atoms. The summed E-state index contributed by atoms with van der Waals surface area (Å²) in [7, 11) is -3.56. The van der Waals surface area contributed by atoms with E-state index in [9.17, 15) is 23.4 Å². The number of anilines is 1. The zero-order valence-electron chi connectivity index (χ0n) is 18.4. The standard InChI is InChI=1S/C24H26N2O7S/c1-34(31,32)26-21-14-18(7-10-22(21)27)23(28)15-25-11-12-33-20-8-5-16(6-9-20)17-3-2-4-19(13-17)24(29)30/h2-10,13-14,23,25-28H,11-12,15H2,1H3,(H,29,30)/t23-/m0/s1. The number of hydrogen-bond acceptors (Lipinski definition) is 7. The van der Waals surface area contributed by atoms with Gasteiger partial charge in [-0.05, 0) is 53.1 Å². The Morgan fingerprint density at radius 3 is 2.44 bits per heavy atom. The lowest BCUT2D eigenvalue weighted by Gasteiger charge is -2.15. The van der Waals surface area contributed by atoms with E-state index >= 15 is 0 Å². The average Bonchev–Trinajstić information content (AvgIpc) is 2.79. The monoisotopic (exact) mass is 486 g/mol. The molecule has 5 N–H and O–H groups in total. The fourth-order valence-corrected chi connectivity index (χ4v) is 3.78. The van der Waals surface area contributed by atoms with E-state index in [0.29, 0.717) is 24.5 Å².